The number of hydrogen-bond acceptors (Lipinski definition) is 1. The number of benzene rings is 2. The summed E-state index contributed by atoms with van der Waals surface area (Å²) in [7, 11) is 0. The molecule has 2 aromatic carbocycles. The van der Waals surface area contributed by atoms with E-state index in [0.29, 0.717) is 5.56 Å². The predicted molar refractivity (Wildman–Crippen MR) is 82.2 cm³/mol. The minimum atomic E-state index is -0.544. The first-order chi connectivity index (χ1) is 9.86. The second-order valence-corrected chi connectivity index (χ2v) is 5.67. The van der Waals surface area contributed by atoms with Crippen LogP contribution in [0.2, 0.25) is 0 Å². The van der Waals surface area contributed by atoms with Crippen molar-refractivity contribution in [3.8, 4) is 0 Å². The minimum Gasteiger partial charge on any atom is -0.304 e. The summed E-state index contributed by atoms with van der Waals surface area (Å²) >= 11 is 0. The predicted octanol–water partition coefficient (Wildman–Crippen LogP) is 4.99. The summed E-state index contributed by atoms with van der Waals surface area (Å²) in [6.07, 6.45) is 0. The van der Waals surface area contributed by atoms with E-state index in [-0.39, 0.29) is 12.1 Å². The van der Waals surface area contributed by atoms with E-state index in [1.807, 2.05) is 6.92 Å². The van der Waals surface area contributed by atoms with E-state index >= 15 is 0 Å². The first-order valence-corrected chi connectivity index (χ1v) is 7.16. The van der Waals surface area contributed by atoms with Gasteiger partial charge in [-0.15, -0.1) is 0 Å². The minimum absolute atomic E-state index is 0.104. The molecule has 0 aliphatic carbocycles. The zero-order valence-electron chi connectivity index (χ0n) is 12.9. The van der Waals surface area contributed by atoms with Crippen LogP contribution in [0.3, 0.4) is 0 Å². The molecule has 2 aromatic rings. The van der Waals surface area contributed by atoms with Gasteiger partial charge >= 0.3 is 0 Å². The molecule has 112 valence electrons. The van der Waals surface area contributed by atoms with Crippen molar-refractivity contribution >= 4 is 0 Å². The van der Waals surface area contributed by atoms with Crippen LogP contribution in [0.1, 0.15) is 48.2 Å². The molecule has 21 heavy (non-hydrogen) atoms. The molecule has 0 saturated heterocycles. The Balaban J connectivity index is 2.16. The van der Waals surface area contributed by atoms with E-state index in [1.54, 1.807) is 0 Å². The molecular formula is C18H21F2N. The van der Waals surface area contributed by atoms with Crippen molar-refractivity contribution < 1.29 is 8.78 Å². The number of aryl methyl sites for hydroxylation is 2. The molecule has 2 unspecified atom stereocenters. The standard InChI is InChI=1S/C18H21F2N/c1-11-5-6-18(12(2)7-11)14(4)21-13(3)15-8-16(19)10-17(20)9-15/h5-10,13-14,21H,1-4H3. The first-order valence-electron chi connectivity index (χ1n) is 7.16. The molecule has 0 aromatic heterocycles. The molecule has 1 N–H and O–H groups in total. The zero-order valence-corrected chi connectivity index (χ0v) is 12.9. The molecule has 0 heterocycles. The third-order valence-corrected chi connectivity index (χ3v) is 3.78. The Bertz CT molecular complexity index is 617. The normalized spacial score (nSPS) is 14.0. The molecule has 0 spiro atoms. The summed E-state index contributed by atoms with van der Waals surface area (Å²) in [6, 6.07) is 9.92. The van der Waals surface area contributed by atoms with E-state index in [0.717, 1.165) is 6.07 Å². The van der Waals surface area contributed by atoms with Gasteiger partial charge in [-0.1, -0.05) is 23.8 Å². The lowest BCUT2D eigenvalue weighted by atomic mass is 9.98. The summed E-state index contributed by atoms with van der Waals surface area (Å²) in [6.45, 7) is 8.11. The molecule has 2 atom stereocenters. The lowest BCUT2D eigenvalue weighted by Gasteiger charge is -2.22. The van der Waals surface area contributed by atoms with Gasteiger partial charge in [-0.2, -0.15) is 0 Å². The smallest absolute Gasteiger partial charge is 0.126 e. The van der Waals surface area contributed by atoms with E-state index in [2.05, 4.69) is 44.3 Å². The van der Waals surface area contributed by atoms with Crippen LogP contribution in [0.4, 0.5) is 8.78 Å². The number of rotatable bonds is 4. The van der Waals surface area contributed by atoms with Crippen molar-refractivity contribution in [1.29, 1.82) is 0 Å². The third-order valence-electron chi connectivity index (χ3n) is 3.78. The van der Waals surface area contributed by atoms with Gasteiger partial charge in [-0.05, 0) is 56.5 Å². The van der Waals surface area contributed by atoms with Crippen molar-refractivity contribution in [2.24, 2.45) is 0 Å². The molecule has 0 radical (unpaired) electrons. The van der Waals surface area contributed by atoms with Crippen LogP contribution < -0.4 is 5.32 Å². The van der Waals surface area contributed by atoms with Crippen LogP contribution in [0, 0.1) is 25.5 Å². The lowest BCUT2D eigenvalue weighted by molar-refractivity contribution is 0.486. The Morgan fingerprint density at radius 3 is 2.05 bits per heavy atom. The zero-order chi connectivity index (χ0) is 15.6. The van der Waals surface area contributed by atoms with Gasteiger partial charge < -0.3 is 5.32 Å². The molecule has 0 aliphatic rings. The average Bonchev–Trinajstić information content (AvgIpc) is 2.37. The maximum Gasteiger partial charge on any atom is 0.126 e. The van der Waals surface area contributed by atoms with Gasteiger partial charge in [0.15, 0.2) is 0 Å². The summed E-state index contributed by atoms with van der Waals surface area (Å²) < 4.78 is 26.6. The highest BCUT2D eigenvalue weighted by Gasteiger charge is 2.14. The van der Waals surface area contributed by atoms with Crippen LogP contribution in [-0.4, -0.2) is 0 Å². The summed E-state index contributed by atoms with van der Waals surface area (Å²) in [5, 5.41) is 3.39. The Labute approximate surface area is 125 Å². The Hall–Kier alpha value is -1.74. The Morgan fingerprint density at radius 1 is 0.857 bits per heavy atom. The van der Waals surface area contributed by atoms with Crippen molar-refractivity contribution in [1.82, 2.24) is 5.32 Å². The maximum absolute atomic E-state index is 13.3. The fraction of sp³-hybridized carbons (Fsp3) is 0.333. The van der Waals surface area contributed by atoms with Gasteiger partial charge in [0.25, 0.3) is 0 Å². The monoisotopic (exact) mass is 289 g/mol. The Kier molecular flexibility index (Phi) is 4.73. The maximum atomic E-state index is 13.3. The fourth-order valence-corrected chi connectivity index (χ4v) is 2.70. The SMILES string of the molecule is Cc1ccc(C(C)NC(C)c2cc(F)cc(F)c2)c(C)c1. The van der Waals surface area contributed by atoms with Crippen LogP contribution in [-0.2, 0) is 0 Å². The summed E-state index contributed by atoms with van der Waals surface area (Å²) in [5.74, 6) is -1.09. The van der Waals surface area contributed by atoms with E-state index in [9.17, 15) is 8.78 Å². The summed E-state index contributed by atoms with van der Waals surface area (Å²) in [4.78, 5) is 0. The van der Waals surface area contributed by atoms with Gasteiger partial charge in [0.05, 0.1) is 0 Å². The molecular weight excluding hydrogens is 268 g/mol. The van der Waals surface area contributed by atoms with Gasteiger partial charge in [0.1, 0.15) is 11.6 Å². The number of hydrogen-bond donors (Lipinski definition) is 1. The Morgan fingerprint density at radius 2 is 1.48 bits per heavy atom. The largest absolute Gasteiger partial charge is 0.304 e. The summed E-state index contributed by atoms with van der Waals surface area (Å²) in [5.41, 5.74) is 4.25. The number of halogens is 2. The van der Waals surface area contributed by atoms with Gasteiger partial charge in [-0.3, -0.25) is 0 Å². The highest BCUT2D eigenvalue weighted by Crippen LogP contribution is 2.23. The quantitative estimate of drug-likeness (QED) is 0.835. The molecule has 3 heteroatoms. The third kappa shape index (κ3) is 3.88. The number of nitrogens with one attached hydrogen (secondary N) is 1. The topological polar surface area (TPSA) is 12.0 Å². The van der Waals surface area contributed by atoms with Gasteiger partial charge in [0, 0.05) is 18.2 Å². The lowest BCUT2D eigenvalue weighted by Crippen LogP contribution is -2.23. The molecule has 0 bridgehead atoms. The van der Waals surface area contributed by atoms with Crippen LogP contribution in [0.15, 0.2) is 36.4 Å². The van der Waals surface area contributed by atoms with Crippen LogP contribution in [0.5, 0.6) is 0 Å². The van der Waals surface area contributed by atoms with E-state index in [1.165, 1.54) is 28.8 Å². The molecule has 0 saturated carbocycles. The fourth-order valence-electron chi connectivity index (χ4n) is 2.70. The van der Waals surface area contributed by atoms with Crippen molar-refractivity contribution in [2.45, 2.75) is 39.8 Å². The van der Waals surface area contributed by atoms with Crippen molar-refractivity contribution in [3.63, 3.8) is 0 Å². The molecule has 0 amide bonds. The van der Waals surface area contributed by atoms with Gasteiger partial charge in [0.2, 0.25) is 0 Å². The van der Waals surface area contributed by atoms with Crippen molar-refractivity contribution in [3.05, 3.63) is 70.3 Å². The van der Waals surface area contributed by atoms with Crippen molar-refractivity contribution in [2.75, 3.05) is 0 Å². The van der Waals surface area contributed by atoms with E-state index in [4.69, 9.17) is 0 Å². The highest BCUT2D eigenvalue weighted by atomic mass is 19.1. The highest BCUT2D eigenvalue weighted by molar-refractivity contribution is 5.33. The van der Waals surface area contributed by atoms with Crippen LogP contribution in [0.25, 0.3) is 0 Å². The first kappa shape index (κ1) is 15.6. The molecule has 0 fully saturated rings. The average molecular weight is 289 g/mol. The van der Waals surface area contributed by atoms with Gasteiger partial charge in [-0.25, -0.2) is 8.78 Å². The molecule has 0 aliphatic heterocycles. The molecule has 2 rings (SSSR count). The molecule has 1 nitrogen and oxygen atoms in total. The second-order valence-electron chi connectivity index (χ2n) is 5.67. The van der Waals surface area contributed by atoms with Crippen LogP contribution >= 0.6 is 0 Å². The van der Waals surface area contributed by atoms with E-state index < -0.39 is 11.6 Å². The second kappa shape index (κ2) is 6.35.